The highest BCUT2D eigenvalue weighted by Gasteiger charge is 2.10. The van der Waals surface area contributed by atoms with E-state index < -0.39 is 18.2 Å². The normalized spacial score (nSPS) is 15.1. The first-order valence-corrected chi connectivity index (χ1v) is 8.80. The maximum absolute atomic E-state index is 10.3. The number of carboxylic acids is 1. The lowest BCUT2D eigenvalue weighted by molar-refractivity contribution is -0.137. The van der Waals surface area contributed by atoms with Crippen LogP contribution in [0.2, 0.25) is 0 Å². The lowest BCUT2D eigenvalue weighted by atomic mass is 10.1. The van der Waals surface area contributed by atoms with Crippen molar-refractivity contribution in [2.75, 3.05) is 0 Å². The molecule has 3 N–H and O–H groups in total. The van der Waals surface area contributed by atoms with E-state index >= 15 is 0 Å². The predicted octanol–water partition coefficient (Wildman–Crippen LogP) is 4.16. The molecule has 0 bridgehead atoms. The van der Waals surface area contributed by atoms with Gasteiger partial charge >= 0.3 is 5.97 Å². The van der Waals surface area contributed by atoms with Crippen LogP contribution in [-0.2, 0) is 4.79 Å². The van der Waals surface area contributed by atoms with Crippen molar-refractivity contribution in [2.24, 2.45) is 0 Å². The Labute approximate surface area is 145 Å². The van der Waals surface area contributed by atoms with E-state index in [1.165, 1.54) is 19.3 Å². The first-order valence-electron chi connectivity index (χ1n) is 8.80. The second-order valence-electron chi connectivity index (χ2n) is 5.74. The third-order valence-electron chi connectivity index (χ3n) is 3.45. The van der Waals surface area contributed by atoms with Crippen LogP contribution < -0.4 is 0 Å². The van der Waals surface area contributed by atoms with Crippen LogP contribution in [0.25, 0.3) is 0 Å². The number of aliphatic hydroxyl groups excluding tert-OH is 2. The lowest BCUT2D eigenvalue weighted by Gasteiger charge is -2.11. The summed E-state index contributed by atoms with van der Waals surface area (Å²) in [5.74, 6) is -0.798. The molecule has 0 saturated heterocycles. The van der Waals surface area contributed by atoms with Gasteiger partial charge in [0.15, 0.2) is 0 Å². The van der Waals surface area contributed by atoms with Gasteiger partial charge in [0, 0.05) is 6.42 Å². The average molecular weight is 336 g/mol. The van der Waals surface area contributed by atoms with Crippen LogP contribution in [0, 0.1) is 0 Å². The van der Waals surface area contributed by atoms with Crippen molar-refractivity contribution in [3.05, 3.63) is 48.6 Å². The number of carboxylic acid groups (broad SMARTS) is 1. The minimum atomic E-state index is -0.910. The van der Waals surface area contributed by atoms with Gasteiger partial charge in [0.25, 0.3) is 0 Å². The summed E-state index contributed by atoms with van der Waals surface area (Å²) in [5, 5.41) is 28.1. The molecule has 0 rings (SSSR count). The van der Waals surface area contributed by atoms with Gasteiger partial charge in [-0.05, 0) is 32.1 Å². The summed E-state index contributed by atoms with van der Waals surface area (Å²) in [6.07, 6.45) is 19.5. The maximum atomic E-state index is 10.3. The van der Waals surface area contributed by atoms with Crippen molar-refractivity contribution < 1.29 is 20.1 Å². The Morgan fingerprint density at radius 1 is 0.917 bits per heavy atom. The number of allylic oxidation sites excluding steroid dienone is 6. The zero-order valence-corrected chi connectivity index (χ0v) is 14.7. The summed E-state index contributed by atoms with van der Waals surface area (Å²) < 4.78 is 0. The van der Waals surface area contributed by atoms with Crippen molar-refractivity contribution in [2.45, 2.75) is 70.5 Å². The number of aliphatic hydroxyl groups is 2. The number of hydrogen-bond donors (Lipinski definition) is 3. The summed E-state index contributed by atoms with van der Waals surface area (Å²) in [4.78, 5) is 10.3. The number of hydrogen-bond acceptors (Lipinski definition) is 3. The third-order valence-corrected chi connectivity index (χ3v) is 3.45. The molecule has 0 aromatic rings. The SMILES string of the molecule is CCCCC/C=C/C=C/C=C\[C@@H](O)[C@@H](O)C/C=C\CCCC(=O)O. The highest BCUT2D eigenvalue weighted by Crippen LogP contribution is 2.04. The lowest BCUT2D eigenvalue weighted by Crippen LogP contribution is -2.22. The third kappa shape index (κ3) is 15.3. The summed E-state index contributed by atoms with van der Waals surface area (Å²) in [6.45, 7) is 2.18. The summed E-state index contributed by atoms with van der Waals surface area (Å²) in [5.41, 5.74) is 0. The fourth-order valence-electron chi connectivity index (χ4n) is 1.99. The standard InChI is InChI=1S/C20H32O4/c1-2-3-4-5-6-7-8-9-12-15-18(21)19(22)16-13-10-11-14-17-20(23)24/h6-10,12-13,15,18-19,21-22H,2-5,11,14,16-17H2,1H3,(H,23,24)/b7-6+,9-8+,13-10-,15-12-/t18-,19+/m1/s1. The quantitative estimate of drug-likeness (QED) is 0.253. The Balaban J connectivity index is 3.85. The Morgan fingerprint density at radius 3 is 2.33 bits per heavy atom. The van der Waals surface area contributed by atoms with E-state index in [2.05, 4.69) is 13.0 Å². The van der Waals surface area contributed by atoms with E-state index in [0.717, 1.165) is 6.42 Å². The van der Waals surface area contributed by atoms with Gasteiger partial charge in [0.05, 0.1) is 12.2 Å². The molecule has 0 spiro atoms. The molecule has 0 heterocycles. The molecule has 0 aromatic carbocycles. The minimum absolute atomic E-state index is 0.150. The smallest absolute Gasteiger partial charge is 0.303 e. The zero-order valence-electron chi connectivity index (χ0n) is 14.7. The molecule has 4 heteroatoms. The zero-order chi connectivity index (χ0) is 18.0. The van der Waals surface area contributed by atoms with E-state index in [-0.39, 0.29) is 6.42 Å². The molecule has 0 aliphatic rings. The Kier molecular flexibility index (Phi) is 15.1. The van der Waals surface area contributed by atoms with Gasteiger partial charge in [0.2, 0.25) is 0 Å². The average Bonchev–Trinajstić information content (AvgIpc) is 2.55. The summed E-state index contributed by atoms with van der Waals surface area (Å²) >= 11 is 0. The monoisotopic (exact) mass is 336 g/mol. The second kappa shape index (κ2) is 16.2. The van der Waals surface area contributed by atoms with E-state index in [1.54, 1.807) is 18.2 Å². The van der Waals surface area contributed by atoms with E-state index in [0.29, 0.717) is 19.3 Å². The molecule has 136 valence electrons. The second-order valence-corrected chi connectivity index (χ2v) is 5.74. The highest BCUT2D eigenvalue weighted by atomic mass is 16.4. The molecule has 0 amide bonds. The molecule has 0 aromatic heterocycles. The topological polar surface area (TPSA) is 77.8 Å². The van der Waals surface area contributed by atoms with Crippen LogP contribution in [0.15, 0.2) is 48.6 Å². The van der Waals surface area contributed by atoms with E-state index in [4.69, 9.17) is 5.11 Å². The molecule has 2 atom stereocenters. The first-order chi connectivity index (χ1) is 11.6. The van der Waals surface area contributed by atoms with Crippen molar-refractivity contribution >= 4 is 5.97 Å². The number of unbranched alkanes of at least 4 members (excludes halogenated alkanes) is 4. The molecule has 24 heavy (non-hydrogen) atoms. The summed E-state index contributed by atoms with van der Waals surface area (Å²) in [7, 11) is 0. The minimum Gasteiger partial charge on any atom is -0.481 e. The largest absolute Gasteiger partial charge is 0.481 e. The molecule has 0 aliphatic carbocycles. The molecule has 4 nitrogen and oxygen atoms in total. The van der Waals surface area contributed by atoms with Gasteiger partial charge in [-0.15, -0.1) is 0 Å². The highest BCUT2D eigenvalue weighted by molar-refractivity contribution is 5.66. The van der Waals surface area contributed by atoms with Crippen molar-refractivity contribution in [1.82, 2.24) is 0 Å². The molecule has 0 unspecified atom stereocenters. The van der Waals surface area contributed by atoms with Gasteiger partial charge in [-0.25, -0.2) is 0 Å². The maximum Gasteiger partial charge on any atom is 0.303 e. The van der Waals surface area contributed by atoms with E-state index in [9.17, 15) is 15.0 Å². The van der Waals surface area contributed by atoms with Crippen LogP contribution in [0.1, 0.15) is 58.3 Å². The van der Waals surface area contributed by atoms with Crippen LogP contribution in [-0.4, -0.2) is 33.5 Å². The Morgan fingerprint density at radius 2 is 1.62 bits per heavy atom. The predicted molar refractivity (Wildman–Crippen MR) is 98.8 cm³/mol. The van der Waals surface area contributed by atoms with Gasteiger partial charge in [0.1, 0.15) is 0 Å². The van der Waals surface area contributed by atoms with Crippen molar-refractivity contribution in [3.63, 3.8) is 0 Å². The van der Waals surface area contributed by atoms with Crippen molar-refractivity contribution in [3.8, 4) is 0 Å². The molecular formula is C20H32O4. The van der Waals surface area contributed by atoms with Crippen LogP contribution in [0.5, 0.6) is 0 Å². The number of aliphatic carboxylic acids is 1. The molecule has 0 aliphatic heterocycles. The number of carbonyl (C=O) groups is 1. The van der Waals surface area contributed by atoms with Gasteiger partial charge in [-0.1, -0.05) is 68.4 Å². The van der Waals surface area contributed by atoms with Gasteiger partial charge in [-0.3, -0.25) is 4.79 Å². The van der Waals surface area contributed by atoms with E-state index in [1.807, 2.05) is 24.3 Å². The van der Waals surface area contributed by atoms with Gasteiger partial charge < -0.3 is 15.3 Å². The first kappa shape index (κ1) is 22.4. The van der Waals surface area contributed by atoms with Crippen LogP contribution >= 0.6 is 0 Å². The fourth-order valence-corrected chi connectivity index (χ4v) is 1.99. The number of rotatable bonds is 14. The summed E-state index contributed by atoms with van der Waals surface area (Å²) in [6, 6.07) is 0. The Hall–Kier alpha value is -1.65. The van der Waals surface area contributed by atoms with Crippen molar-refractivity contribution in [1.29, 1.82) is 0 Å². The molecule has 0 radical (unpaired) electrons. The molecule has 0 fully saturated rings. The van der Waals surface area contributed by atoms with Crippen LogP contribution in [0.3, 0.4) is 0 Å². The van der Waals surface area contributed by atoms with Crippen LogP contribution in [0.4, 0.5) is 0 Å². The molecule has 0 saturated carbocycles. The van der Waals surface area contributed by atoms with Gasteiger partial charge in [-0.2, -0.15) is 0 Å². The fraction of sp³-hybridized carbons (Fsp3) is 0.550. The Bertz CT molecular complexity index is 421. The molecular weight excluding hydrogens is 304 g/mol.